The molecule has 3 rings (SSSR count). The summed E-state index contributed by atoms with van der Waals surface area (Å²) in [6.07, 6.45) is 0. The van der Waals surface area contributed by atoms with E-state index in [0.29, 0.717) is 5.92 Å². The zero-order valence-corrected chi connectivity index (χ0v) is 15.7. The fourth-order valence-corrected chi connectivity index (χ4v) is 3.89. The maximum absolute atomic E-state index is 3.42. The molecule has 2 aromatic rings. The largest absolute Gasteiger partial charge is 0.314 e. The van der Waals surface area contributed by atoms with Crippen molar-refractivity contribution in [1.82, 2.24) is 10.2 Å². The number of hydrogen-bond acceptors (Lipinski definition) is 3. The minimum absolute atomic E-state index is 0.615. The molecule has 1 aromatic heterocycles. The third kappa shape index (κ3) is 4.90. The van der Waals surface area contributed by atoms with E-state index >= 15 is 0 Å². The summed E-state index contributed by atoms with van der Waals surface area (Å²) >= 11 is 1.94. The molecule has 0 bridgehead atoms. The lowest BCUT2D eigenvalue weighted by Crippen LogP contribution is -2.42. The number of benzene rings is 1. The van der Waals surface area contributed by atoms with Crippen LogP contribution in [-0.4, -0.2) is 31.1 Å². The zero-order chi connectivity index (χ0) is 16.7. The molecule has 1 N–H and O–H groups in total. The van der Waals surface area contributed by atoms with Crippen molar-refractivity contribution in [2.45, 2.75) is 40.2 Å². The van der Waals surface area contributed by atoms with Crippen LogP contribution in [0.2, 0.25) is 0 Å². The van der Waals surface area contributed by atoms with E-state index in [1.54, 1.807) is 0 Å². The molecule has 126 valence electrons. The van der Waals surface area contributed by atoms with Crippen LogP contribution in [0.4, 0.5) is 0 Å². The molecule has 23 heavy (non-hydrogen) atoms. The molecule has 1 fully saturated rings. The number of thiophene rings is 1. The van der Waals surface area contributed by atoms with Gasteiger partial charge in [-0.25, -0.2) is 0 Å². The summed E-state index contributed by atoms with van der Waals surface area (Å²) in [5.41, 5.74) is 2.87. The normalized spacial score (nSPS) is 15.3. The minimum atomic E-state index is 0.615. The van der Waals surface area contributed by atoms with Crippen LogP contribution in [0.1, 0.15) is 44.1 Å². The molecule has 0 unspecified atom stereocenters. The van der Waals surface area contributed by atoms with E-state index in [0.717, 1.165) is 32.7 Å². The Kier molecular flexibility index (Phi) is 7.28. The van der Waals surface area contributed by atoms with Crippen LogP contribution in [0.3, 0.4) is 0 Å². The van der Waals surface area contributed by atoms with Crippen molar-refractivity contribution >= 4 is 11.3 Å². The topological polar surface area (TPSA) is 15.3 Å². The maximum atomic E-state index is 3.42. The molecular formula is C20H30N2S. The van der Waals surface area contributed by atoms with E-state index in [1.165, 1.54) is 20.9 Å². The van der Waals surface area contributed by atoms with Crippen molar-refractivity contribution in [3.05, 3.63) is 46.8 Å². The van der Waals surface area contributed by atoms with E-state index in [-0.39, 0.29) is 0 Å². The number of rotatable bonds is 4. The molecule has 1 aliphatic rings. The summed E-state index contributed by atoms with van der Waals surface area (Å²) in [5, 5.41) is 3.42. The van der Waals surface area contributed by atoms with Gasteiger partial charge in [-0.15, -0.1) is 11.3 Å². The Bertz CT molecular complexity index is 583. The van der Waals surface area contributed by atoms with Gasteiger partial charge in [0, 0.05) is 42.5 Å². The predicted molar refractivity (Wildman–Crippen MR) is 103 cm³/mol. The Morgan fingerprint density at radius 2 is 1.74 bits per heavy atom. The van der Waals surface area contributed by atoms with Crippen LogP contribution >= 0.6 is 11.3 Å². The average molecular weight is 331 g/mol. The summed E-state index contributed by atoms with van der Waals surface area (Å²) in [6, 6.07) is 13.5. The SMILES string of the molecule is CC.CC(C)c1ccc(-c2ccccc2CN2CCNCC2)s1. The van der Waals surface area contributed by atoms with Crippen LogP contribution in [0.25, 0.3) is 10.4 Å². The fraction of sp³-hybridized carbons (Fsp3) is 0.500. The maximum Gasteiger partial charge on any atom is 0.0349 e. The van der Waals surface area contributed by atoms with Gasteiger partial charge in [-0.3, -0.25) is 4.90 Å². The summed E-state index contributed by atoms with van der Waals surface area (Å²) in [7, 11) is 0. The predicted octanol–water partition coefficient (Wildman–Crippen LogP) is 4.97. The quantitative estimate of drug-likeness (QED) is 0.851. The second kappa shape index (κ2) is 9.21. The van der Waals surface area contributed by atoms with Crippen LogP contribution in [0, 0.1) is 0 Å². The standard InChI is InChI=1S/C18H24N2S.C2H6/c1-14(2)17-7-8-18(21-17)16-6-4-3-5-15(16)13-20-11-9-19-10-12-20;1-2/h3-8,14,19H,9-13H2,1-2H3;1-2H3. The monoisotopic (exact) mass is 330 g/mol. The smallest absolute Gasteiger partial charge is 0.0349 e. The highest BCUT2D eigenvalue weighted by Gasteiger charge is 2.14. The molecule has 0 amide bonds. The van der Waals surface area contributed by atoms with Gasteiger partial charge in [0.1, 0.15) is 0 Å². The van der Waals surface area contributed by atoms with Gasteiger partial charge < -0.3 is 5.32 Å². The Morgan fingerprint density at radius 3 is 2.39 bits per heavy atom. The first-order chi connectivity index (χ1) is 11.2. The second-order valence-electron chi connectivity index (χ2n) is 6.04. The van der Waals surface area contributed by atoms with Gasteiger partial charge in [-0.05, 0) is 29.2 Å². The highest BCUT2D eigenvalue weighted by molar-refractivity contribution is 7.15. The molecule has 2 heterocycles. The number of nitrogens with zero attached hydrogens (tertiary/aromatic N) is 1. The molecule has 0 spiro atoms. The minimum Gasteiger partial charge on any atom is -0.314 e. The summed E-state index contributed by atoms with van der Waals surface area (Å²) in [4.78, 5) is 5.43. The zero-order valence-electron chi connectivity index (χ0n) is 14.9. The van der Waals surface area contributed by atoms with Crippen LogP contribution < -0.4 is 5.32 Å². The van der Waals surface area contributed by atoms with Crippen LogP contribution in [-0.2, 0) is 6.54 Å². The van der Waals surface area contributed by atoms with E-state index < -0.39 is 0 Å². The Hall–Kier alpha value is -1.16. The molecule has 1 aliphatic heterocycles. The van der Waals surface area contributed by atoms with Crippen molar-refractivity contribution in [2.24, 2.45) is 0 Å². The Morgan fingerprint density at radius 1 is 1.04 bits per heavy atom. The molecule has 1 saturated heterocycles. The molecule has 2 nitrogen and oxygen atoms in total. The van der Waals surface area contributed by atoms with E-state index in [2.05, 4.69) is 60.5 Å². The molecule has 0 aliphatic carbocycles. The van der Waals surface area contributed by atoms with E-state index in [4.69, 9.17) is 0 Å². The van der Waals surface area contributed by atoms with Crippen molar-refractivity contribution in [2.75, 3.05) is 26.2 Å². The van der Waals surface area contributed by atoms with Crippen molar-refractivity contribution in [3.8, 4) is 10.4 Å². The molecule has 0 atom stereocenters. The van der Waals surface area contributed by atoms with E-state index in [1.807, 2.05) is 25.2 Å². The molecule has 1 aromatic carbocycles. The molecule has 0 saturated carbocycles. The van der Waals surface area contributed by atoms with Gasteiger partial charge in [-0.2, -0.15) is 0 Å². The Labute approximate surface area is 145 Å². The molecular weight excluding hydrogens is 300 g/mol. The van der Waals surface area contributed by atoms with Crippen molar-refractivity contribution < 1.29 is 0 Å². The van der Waals surface area contributed by atoms with Crippen LogP contribution in [0.5, 0.6) is 0 Å². The fourth-order valence-electron chi connectivity index (χ4n) is 2.82. The first-order valence-corrected chi connectivity index (χ1v) is 9.67. The van der Waals surface area contributed by atoms with Gasteiger partial charge >= 0.3 is 0 Å². The van der Waals surface area contributed by atoms with Crippen LogP contribution in [0.15, 0.2) is 36.4 Å². The summed E-state index contributed by atoms with van der Waals surface area (Å²) < 4.78 is 0. The lowest BCUT2D eigenvalue weighted by molar-refractivity contribution is 0.233. The Balaban J connectivity index is 0.000000924. The third-order valence-electron chi connectivity index (χ3n) is 4.08. The summed E-state index contributed by atoms with van der Waals surface area (Å²) in [5.74, 6) is 0.615. The third-order valence-corrected chi connectivity index (χ3v) is 5.50. The first kappa shape index (κ1) is 18.2. The van der Waals surface area contributed by atoms with Gasteiger partial charge in [0.25, 0.3) is 0 Å². The van der Waals surface area contributed by atoms with Gasteiger partial charge in [0.15, 0.2) is 0 Å². The number of hydrogen-bond donors (Lipinski definition) is 1. The molecule has 3 heteroatoms. The van der Waals surface area contributed by atoms with Gasteiger partial charge in [-0.1, -0.05) is 52.0 Å². The average Bonchev–Trinajstić information content (AvgIpc) is 3.08. The lowest BCUT2D eigenvalue weighted by Gasteiger charge is -2.27. The van der Waals surface area contributed by atoms with Gasteiger partial charge in [0.05, 0.1) is 0 Å². The van der Waals surface area contributed by atoms with E-state index in [9.17, 15) is 0 Å². The van der Waals surface area contributed by atoms with Crippen molar-refractivity contribution in [3.63, 3.8) is 0 Å². The second-order valence-corrected chi connectivity index (χ2v) is 7.16. The molecule has 0 radical (unpaired) electrons. The lowest BCUT2D eigenvalue weighted by atomic mass is 10.1. The summed E-state index contributed by atoms with van der Waals surface area (Å²) in [6.45, 7) is 14.1. The highest BCUT2D eigenvalue weighted by Crippen LogP contribution is 2.34. The van der Waals surface area contributed by atoms with Gasteiger partial charge in [0.2, 0.25) is 0 Å². The first-order valence-electron chi connectivity index (χ1n) is 8.85. The number of piperazine rings is 1. The van der Waals surface area contributed by atoms with Crippen molar-refractivity contribution in [1.29, 1.82) is 0 Å². The number of nitrogens with one attached hydrogen (secondary N) is 1. The highest BCUT2D eigenvalue weighted by atomic mass is 32.1.